The molecule has 23 heavy (non-hydrogen) atoms. The minimum Gasteiger partial charge on any atom is -0.366 e. The highest BCUT2D eigenvalue weighted by atomic mass is 16.6. The molecular weight excluding hydrogens is 298 g/mol. The van der Waals surface area contributed by atoms with Crippen molar-refractivity contribution in [2.24, 2.45) is 0 Å². The maximum Gasteiger partial charge on any atom is 0.269 e. The Bertz CT molecular complexity index is 585. The molecule has 3 rings (SSSR count). The van der Waals surface area contributed by atoms with Crippen molar-refractivity contribution in [1.29, 1.82) is 0 Å². The molecule has 0 bridgehead atoms. The number of carbonyl (C=O) groups is 1. The molecule has 1 atom stereocenters. The third-order valence-corrected chi connectivity index (χ3v) is 4.32. The molecule has 0 radical (unpaired) electrons. The Kier molecular flexibility index (Phi) is 4.58. The van der Waals surface area contributed by atoms with Gasteiger partial charge in [0, 0.05) is 37.8 Å². The molecule has 1 heterocycles. The fraction of sp³-hybridized carbons (Fsp3) is 0.562. The predicted octanol–water partition coefficient (Wildman–Crippen LogP) is 1.42. The SMILES string of the molecule is CN1CCOC(C(=O)N(Cc2ccc([N+](=O)[O-])cc2)C2CC2)C1. The van der Waals surface area contributed by atoms with Crippen molar-refractivity contribution in [1.82, 2.24) is 9.80 Å². The van der Waals surface area contributed by atoms with Crippen LogP contribution in [0.4, 0.5) is 5.69 Å². The van der Waals surface area contributed by atoms with Gasteiger partial charge in [0.2, 0.25) is 0 Å². The number of rotatable bonds is 5. The number of morpholine rings is 1. The van der Waals surface area contributed by atoms with E-state index in [0.717, 1.165) is 24.9 Å². The Hall–Kier alpha value is -1.99. The first kappa shape index (κ1) is 15.9. The molecular formula is C16H21N3O4. The monoisotopic (exact) mass is 319 g/mol. The van der Waals surface area contributed by atoms with Crippen molar-refractivity contribution in [2.45, 2.75) is 31.5 Å². The Morgan fingerprint density at radius 3 is 2.65 bits per heavy atom. The molecule has 1 amide bonds. The van der Waals surface area contributed by atoms with Gasteiger partial charge in [0.05, 0.1) is 11.5 Å². The van der Waals surface area contributed by atoms with Crippen molar-refractivity contribution in [3.8, 4) is 0 Å². The zero-order valence-electron chi connectivity index (χ0n) is 13.2. The molecule has 0 aromatic heterocycles. The average Bonchev–Trinajstić information content (AvgIpc) is 3.37. The van der Waals surface area contributed by atoms with Gasteiger partial charge in [0.25, 0.3) is 11.6 Å². The number of likely N-dealkylation sites (N-methyl/N-ethyl adjacent to an activating group) is 1. The fourth-order valence-corrected chi connectivity index (χ4v) is 2.81. The summed E-state index contributed by atoms with van der Waals surface area (Å²) >= 11 is 0. The van der Waals surface area contributed by atoms with E-state index < -0.39 is 11.0 Å². The highest BCUT2D eigenvalue weighted by Gasteiger charge is 2.37. The first-order valence-electron chi connectivity index (χ1n) is 7.88. The summed E-state index contributed by atoms with van der Waals surface area (Å²) in [5, 5.41) is 10.7. The Labute approximate surface area is 135 Å². The van der Waals surface area contributed by atoms with Gasteiger partial charge >= 0.3 is 0 Å². The number of nitro groups is 1. The standard InChI is InChI=1S/C16H21N3O4/c1-17-8-9-23-15(11-17)16(20)18(13-6-7-13)10-12-2-4-14(5-3-12)19(21)22/h2-5,13,15H,6-11H2,1H3. The van der Waals surface area contributed by atoms with Crippen molar-refractivity contribution >= 4 is 11.6 Å². The summed E-state index contributed by atoms with van der Waals surface area (Å²) in [7, 11) is 1.99. The van der Waals surface area contributed by atoms with Gasteiger partial charge in [-0.3, -0.25) is 14.9 Å². The summed E-state index contributed by atoms with van der Waals surface area (Å²) < 4.78 is 5.64. The molecule has 0 spiro atoms. The lowest BCUT2D eigenvalue weighted by atomic mass is 10.1. The second-order valence-electron chi connectivity index (χ2n) is 6.24. The van der Waals surface area contributed by atoms with Crippen molar-refractivity contribution in [2.75, 3.05) is 26.7 Å². The second-order valence-corrected chi connectivity index (χ2v) is 6.24. The summed E-state index contributed by atoms with van der Waals surface area (Å²) in [5.41, 5.74) is 0.968. The van der Waals surface area contributed by atoms with Crippen LogP contribution in [0.3, 0.4) is 0 Å². The number of nitro benzene ring substituents is 1. The molecule has 1 aromatic carbocycles. The Morgan fingerprint density at radius 1 is 1.39 bits per heavy atom. The van der Waals surface area contributed by atoms with Crippen molar-refractivity contribution in [3.05, 3.63) is 39.9 Å². The molecule has 7 nitrogen and oxygen atoms in total. The molecule has 0 N–H and O–H groups in total. The van der Waals surface area contributed by atoms with Gasteiger partial charge in [-0.25, -0.2) is 0 Å². The van der Waals surface area contributed by atoms with Gasteiger partial charge in [0.15, 0.2) is 0 Å². The summed E-state index contributed by atoms with van der Waals surface area (Å²) in [5.74, 6) is 0.0254. The van der Waals surface area contributed by atoms with Crippen LogP contribution in [0.2, 0.25) is 0 Å². The van der Waals surface area contributed by atoms with Crippen LogP contribution in [0.5, 0.6) is 0 Å². The number of non-ortho nitro benzene ring substituents is 1. The molecule has 1 saturated carbocycles. The fourth-order valence-electron chi connectivity index (χ4n) is 2.81. The molecule has 2 aliphatic rings. The zero-order valence-corrected chi connectivity index (χ0v) is 13.2. The summed E-state index contributed by atoms with van der Waals surface area (Å²) in [6, 6.07) is 6.67. The van der Waals surface area contributed by atoms with Crippen LogP contribution in [-0.4, -0.2) is 59.5 Å². The molecule has 7 heteroatoms. The van der Waals surface area contributed by atoms with E-state index in [-0.39, 0.29) is 17.6 Å². The number of carbonyl (C=O) groups excluding carboxylic acids is 1. The van der Waals surface area contributed by atoms with Crippen LogP contribution in [0.25, 0.3) is 0 Å². The molecule has 1 aliphatic heterocycles. The lowest BCUT2D eigenvalue weighted by Crippen LogP contribution is -2.50. The Morgan fingerprint density at radius 2 is 2.09 bits per heavy atom. The van der Waals surface area contributed by atoms with E-state index in [1.54, 1.807) is 12.1 Å². The molecule has 1 unspecified atom stereocenters. The predicted molar refractivity (Wildman–Crippen MR) is 83.9 cm³/mol. The molecule has 124 valence electrons. The number of ether oxygens (including phenoxy) is 1. The first-order chi connectivity index (χ1) is 11.0. The number of benzene rings is 1. The van der Waals surface area contributed by atoms with Gasteiger partial charge < -0.3 is 14.5 Å². The lowest BCUT2D eigenvalue weighted by Gasteiger charge is -2.33. The third-order valence-electron chi connectivity index (χ3n) is 4.32. The van der Waals surface area contributed by atoms with E-state index in [9.17, 15) is 14.9 Å². The highest BCUT2D eigenvalue weighted by molar-refractivity contribution is 5.82. The first-order valence-corrected chi connectivity index (χ1v) is 7.88. The van der Waals surface area contributed by atoms with E-state index in [1.807, 2.05) is 11.9 Å². The van der Waals surface area contributed by atoms with Gasteiger partial charge in [-0.2, -0.15) is 0 Å². The lowest BCUT2D eigenvalue weighted by molar-refractivity contribution is -0.384. The molecule has 1 aliphatic carbocycles. The number of nitrogens with zero attached hydrogens (tertiary/aromatic N) is 3. The van der Waals surface area contributed by atoms with E-state index in [0.29, 0.717) is 19.7 Å². The summed E-state index contributed by atoms with van der Waals surface area (Å²) in [6.45, 7) is 2.51. The van der Waals surface area contributed by atoms with E-state index in [1.165, 1.54) is 12.1 Å². The van der Waals surface area contributed by atoms with Gasteiger partial charge in [-0.05, 0) is 25.5 Å². The maximum atomic E-state index is 12.8. The number of hydrogen-bond acceptors (Lipinski definition) is 5. The summed E-state index contributed by atoms with van der Waals surface area (Å²) in [6.07, 6.45) is 1.62. The molecule has 1 aromatic rings. The topological polar surface area (TPSA) is 75.9 Å². The van der Waals surface area contributed by atoms with E-state index in [4.69, 9.17) is 4.74 Å². The second kappa shape index (κ2) is 6.64. The largest absolute Gasteiger partial charge is 0.366 e. The van der Waals surface area contributed by atoms with Crippen LogP contribution < -0.4 is 0 Å². The quantitative estimate of drug-likeness (QED) is 0.606. The van der Waals surface area contributed by atoms with Crippen LogP contribution in [0.15, 0.2) is 24.3 Å². The normalized spacial score (nSPS) is 21.9. The minimum absolute atomic E-state index is 0.0254. The third kappa shape index (κ3) is 3.86. The minimum atomic E-state index is -0.417. The van der Waals surface area contributed by atoms with Crippen LogP contribution in [0, 0.1) is 10.1 Å². The maximum absolute atomic E-state index is 12.8. The average molecular weight is 319 g/mol. The smallest absolute Gasteiger partial charge is 0.269 e. The van der Waals surface area contributed by atoms with Crippen LogP contribution in [-0.2, 0) is 16.1 Å². The summed E-state index contributed by atoms with van der Waals surface area (Å²) in [4.78, 5) is 27.0. The van der Waals surface area contributed by atoms with Gasteiger partial charge in [-0.15, -0.1) is 0 Å². The number of amides is 1. The Balaban J connectivity index is 1.69. The van der Waals surface area contributed by atoms with Gasteiger partial charge in [-0.1, -0.05) is 12.1 Å². The number of hydrogen-bond donors (Lipinski definition) is 0. The van der Waals surface area contributed by atoms with Gasteiger partial charge in [0.1, 0.15) is 6.10 Å². The van der Waals surface area contributed by atoms with Crippen LogP contribution >= 0.6 is 0 Å². The molecule has 1 saturated heterocycles. The van der Waals surface area contributed by atoms with Crippen molar-refractivity contribution in [3.63, 3.8) is 0 Å². The van der Waals surface area contributed by atoms with E-state index in [2.05, 4.69) is 4.90 Å². The zero-order chi connectivity index (χ0) is 16.4. The van der Waals surface area contributed by atoms with Crippen molar-refractivity contribution < 1.29 is 14.5 Å². The van der Waals surface area contributed by atoms with E-state index >= 15 is 0 Å². The highest BCUT2D eigenvalue weighted by Crippen LogP contribution is 2.30. The van der Waals surface area contributed by atoms with Crippen LogP contribution in [0.1, 0.15) is 18.4 Å². The molecule has 2 fully saturated rings.